The van der Waals surface area contributed by atoms with Crippen molar-refractivity contribution < 1.29 is 69.0 Å². The van der Waals surface area contributed by atoms with Crippen molar-refractivity contribution in [3.05, 3.63) is 0 Å². The van der Waals surface area contributed by atoms with Gasteiger partial charge < -0.3 is 46.9 Å². The molecule has 0 saturated heterocycles. The standard InChI is InChI=1S/C5H9NO4.C5H6O5.C3H7NO2.C3H4O3/c2*6-3(5(9)10)1-2-4(7)8;2*4-2-1-3(5)6/h3H,1-2,6H2,(H,7,8)(H,9,10);1-2H2,(H,7,8)(H,9,10);1-2,4H2,(H,5,6);2H,1H2,(H,5,6)/t3-;;;/m0.../s1. The zero-order chi connectivity index (χ0) is 26.3. The Labute approximate surface area is 180 Å². The topological polar surface area (TPSA) is 310 Å². The summed E-state index contributed by atoms with van der Waals surface area (Å²) in [5, 5.41) is 47.7. The number of aliphatic carboxylic acids is 6. The van der Waals surface area contributed by atoms with Crippen molar-refractivity contribution in [2.24, 2.45) is 11.5 Å². The van der Waals surface area contributed by atoms with Gasteiger partial charge in [0.2, 0.25) is 5.78 Å². The van der Waals surface area contributed by atoms with Crippen LogP contribution in [-0.4, -0.2) is 91.1 Å². The maximum Gasteiger partial charge on any atom is 0.372 e. The summed E-state index contributed by atoms with van der Waals surface area (Å²) in [6.45, 7) is 0.231. The van der Waals surface area contributed by atoms with Gasteiger partial charge in [0.15, 0.2) is 0 Å². The summed E-state index contributed by atoms with van der Waals surface area (Å²) in [5.74, 6) is -7.93. The van der Waals surface area contributed by atoms with Crippen LogP contribution >= 0.6 is 0 Å². The summed E-state index contributed by atoms with van der Waals surface area (Å²) in [7, 11) is 0. The lowest BCUT2D eigenvalue weighted by atomic mass is 10.2. The summed E-state index contributed by atoms with van der Waals surface area (Å²) >= 11 is 0. The Balaban J connectivity index is -0.000000168. The molecular weight excluding hydrogens is 444 g/mol. The number of carbonyl (C=O) groups excluding carboxylic acids is 2. The van der Waals surface area contributed by atoms with Gasteiger partial charge in [-0.3, -0.25) is 28.8 Å². The van der Waals surface area contributed by atoms with E-state index in [2.05, 4.69) is 0 Å². The molecule has 184 valence electrons. The van der Waals surface area contributed by atoms with E-state index in [9.17, 15) is 38.4 Å². The van der Waals surface area contributed by atoms with E-state index >= 15 is 0 Å². The van der Waals surface area contributed by atoms with Crippen LogP contribution in [0.2, 0.25) is 0 Å². The number of rotatable bonds is 12. The maximum absolute atomic E-state index is 10.2. The van der Waals surface area contributed by atoms with Crippen LogP contribution in [0.4, 0.5) is 0 Å². The molecule has 0 heterocycles. The molecule has 0 unspecified atom stereocenters. The van der Waals surface area contributed by atoms with Crippen LogP contribution in [0.25, 0.3) is 0 Å². The van der Waals surface area contributed by atoms with Crippen molar-refractivity contribution in [1.82, 2.24) is 0 Å². The number of hydrogen-bond donors (Lipinski definition) is 8. The third-order valence-electron chi connectivity index (χ3n) is 2.41. The lowest BCUT2D eigenvalue weighted by molar-refractivity contribution is -0.150. The first-order chi connectivity index (χ1) is 14.6. The molecule has 0 aliphatic rings. The van der Waals surface area contributed by atoms with Crippen LogP contribution in [-0.2, 0) is 38.4 Å². The summed E-state index contributed by atoms with van der Waals surface area (Å²) in [6.07, 6.45) is -1.06. The van der Waals surface area contributed by atoms with Crippen LogP contribution in [0.1, 0.15) is 38.5 Å². The number of hydrogen-bond acceptors (Lipinski definition) is 10. The molecule has 0 aromatic heterocycles. The molecule has 0 rings (SSSR count). The van der Waals surface area contributed by atoms with E-state index in [1.807, 2.05) is 0 Å². The fourth-order valence-electron chi connectivity index (χ4n) is 0.925. The average Bonchev–Trinajstić information content (AvgIpc) is 2.65. The summed E-state index contributed by atoms with van der Waals surface area (Å²) < 4.78 is 0. The van der Waals surface area contributed by atoms with Gasteiger partial charge in [-0.25, -0.2) is 4.79 Å². The van der Waals surface area contributed by atoms with Crippen molar-refractivity contribution in [3.8, 4) is 0 Å². The molecule has 0 aliphatic carbocycles. The molecule has 0 aromatic rings. The fourth-order valence-corrected chi connectivity index (χ4v) is 0.925. The van der Waals surface area contributed by atoms with E-state index in [0.717, 1.165) is 0 Å². The van der Waals surface area contributed by atoms with Crippen molar-refractivity contribution in [3.63, 3.8) is 0 Å². The largest absolute Gasteiger partial charge is 0.481 e. The number of aldehydes is 1. The van der Waals surface area contributed by atoms with E-state index in [1.165, 1.54) is 0 Å². The van der Waals surface area contributed by atoms with E-state index in [0.29, 0.717) is 6.29 Å². The third kappa shape index (κ3) is 40.7. The molecule has 0 radical (unpaired) electrons. The first-order valence-corrected chi connectivity index (χ1v) is 8.37. The van der Waals surface area contributed by atoms with Gasteiger partial charge in [0, 0.05) is 19.4 Å². The molecule has 0 saturated carbocycles. The molecule has 16 heteroatoms. The first-order valence-electron chi connectivity index (χ1n) is 8.37. The van der Waals surface area contributed by atoms with Crippen molar-refractivity contribution in [2.45, 2.75) is 44.6 Å². The van der Waals surface area contributed by atoms with E-state index in [1.54, 1.807) is 0 Å². The Hall–Kier alpha value is -3.92. The summed E-state index contributed by atoms with van der Waals surface area (Å²) in [4.78, 5) is 77.7. The number of carboxylic acids is 6. The van der Waals surface area contributed by atoms with Crippen LogP contribution < -0.4 is 11.5 Å². The molecule has 0 amide bonds. The highest BCUT2D eigenvalue weighted by molar-refractivity contribution is 6.32. The zero-order valence-electron chi connectivity index (χ0n) is 16.7. The van der Waals surface area contributed by atoms with Crippen LogP contribution in [0.5, 0.6) is 0 Å². The highest BCUT2D eigenvalue weighted by Crippen LogP contribution is 1.93. The minimum atomic E-state index is -1.58. The van der Waals surface area contributed by atoms with E-state index < -0.39 is 60.5 Å². The van der Waals surface area contributed by atoms with Crippen LogP contribution in [0, 0.1) is 0 Å². The van der Waals surface area contributed by atoms with Crippen molar-refractivity contribution in [2.75, 3.05) is 6.54 Å². The van der Waals surface area contributed by atoms with Gasteiger partial charge in [0.1, 0.15) is 18.7 Å². The van der Waals surface area contributed by atoms with Crippen LogP contribution in [0.15, 0.2) is 0 Å². The van der Waals surface area contributed by atoms with Gasteiger partial charge in [-0.05, 0) is 6.42 Å². The molecular formula is C16H26N2O14. The Kier molecular flexibility index (Phi) is 25.9. The molecule has 0 fully saturated rings. The van der Waals surface area contributed by atoms with Gasteiger partial charge >= 0.3 is 35.8 Å². The van der Waals surface area contributed by atoms with Crippen LogP contribution in [0.3, 0.4) is 0 Å². The lowest BCUT2D eigenvalue weighted by Gasteiger charge is -2.01. The van der Waals surface area contributed by atoms with Crippen molar-refractivity contribution >= 4 is 47.9 Å². The zero-order valence-corrected chi connectivity index (χ0v) is 16.7. The number of nitrogens with two attached hydrogens (primary N) is 2. The molecule has 0 aliphatic heterocycles. The Bertz CT molecular complexity index is 647. The second-order valence-corrected chi connectivity index (χ2v) is 5.20. The smallest absolute Gasteiger partial charge is 0.372 e. The number of carboxylic acid groups (broad SMARTS) is 6. The van der Waals surface area contributed by atoms with Gasteiger partial charge in [-0.15, -0.1) is 0 Å². The van der Waals surface area contributed by atoms with Gasteiger partial charge in [0.25, 0.3) is 0 Å². The first kappa shape index (κ1) is 35.5. The minimum Gasteiger partial charge on any atom is -0.481 e. The molecule has 32 heavy (non-hydrogen) atoms. The molecule has 16 nitrogen and oxygen atoms in total. The third-order valence-corrected chi connectivity index (χ3v) is 2.41. The summed E-state index contributed by atoms with van der Waals surface area (Å²) in [6, 6.07) is -1.06. The Morgan fingerprint density at radius 2 is 1.12 bits per heavy atom. The van der Waals surface area contributed by atoms with E-state index in [-0.39, 0.29) is 32.2 Å². The highest BCUT2D eigenvalue weighted by atomic mass is 16.4. The van der Waals surface area contributed by atoms with E-state index in [4.69, 9.17) is 42.1 Å². The number of Topliss-reactive ketones (excluding diaryl/α,β-unsaturated/α-hetero) is 1. The second kappa shape index (κ2) is 23.4. The van der Waals surface area contributed by atoms with Gasteiger partial charge in [-0.1, -0.05) is 0 Å². The van der Waals surface area contributed by atoms with Crippen molar-refractivity contribution in [1.29, 1.82) is 0 Å². The average molecular weight is 470 g/mol. The fraction of sp³-hybridized carbons (Fsp3) is 0.500. The summed E-state index contributed by atoms with van der Waals surface area (Å²) in [5.41, 5.74) is 9.85. The molecule has 0 spiro atoms. The lowest BCUT2D eigenvalue weighted by Crippen LogP contribution is -2.30. The van der Waals surface area contributed by atoms with Gasteiger partial charge in [0.05, 0.1) is 12.8 Å². The number of ketones is 1. The predicted octanol–water partition coefficient (Wildman–Crippen LogP) is -2.15. The molecule has 10 N–H and O–H groups in total. The predicted molar refractivity (Wildman–Crippen MR) is 102 cm³/mol. The maximum atomic E-state index is 10.2. The number of carbonyl (C=O) groups is 8. The Morgan fingerprint density at radius 3 is 1.31 bits per heavy atom. The minimum absolute atomic E-state index is 0.0231. The monoisotopic (exact) mass is 470 g/mol. The van der Waals surface area contributed by atoms with Gasteiger partial charge in [-0.2, -0.15) is 0 Å². The SMILES string of the molecule is NCCC(=O)O.N[C@@H](CCC(=O)O)C(=O)O.O=C(O)CCC(=O)C(=O)O.O=CCC(=O)O. The normalized spacial score (nSPS) is 9.56. The molecule has 1 atom stereocenters. The Morgan fingerprint density at radius 1 is 0.688 bits per heavy atom. The quantitative estimate of drug-likeness (QED) is 0.0855. The highest BCUT2D eigenvalue weighted by Gasteiger charge is 2.12. The second-order valence-electron chi connectivity index (χ2n) is 5.20. The molecule has 0 aromatic carbocycles. The molecule has 0 bridgehead atoms.